The molecule has 2 aromatic carbocycles. The van der Waals surface area contributed by atoms with Gasteiger partial charge in [0.25, 0.3) is 5.91 Å². The van der Waals surface area contributed by atoms with Gasteiger partial charge >= 0.3 is 6.03 Å². The Bertz CT molecular complexity index is 1230. The Labute approximate surface area is 190 Å². The molecular weight excluding hydrogens is 430 g/mol. The second kappa shape index (κ2) is 9.22. The fourth-order valence-electron chi connectivity index (χ4n) is 3.68. The van der Waals surface area contributed by atoms with Crippen molar-refractivity contribution in [2.24, 2.45) is 0 Å². The van der Waals surface area contributed by atoms with Crippen LogP contribution in [0.4, 0.5) is 16.2 Å². The highest BCUT2D eigenvalue weighted by atomic mass is 35.5. The van der Waals surface area contributed by atoms with Gasteiger partial charge in [-0.2, -0.15) is 5.26 Å². The normalized spacial score (nSPS) is 15.8. The fourth-order valence-corrected chi connectivity index (χ4v) is 3.86. The number of hydrogen-bond donors (Lipinski definition) is 1. The van der Waals surface area contributed by atoms with Gasteiger partial charge in [0.2, 0.25) is 0 Å². The lowest BCUT2D eigenvalue weighted by atomic mass is 10.1. The van der Waals surface area contributed by atoms with E-state index in [1.165, 1.54) is 9.80 Å². The van der Waals surface area contributed by atoms with E-state index in [-0.39, 0.29) is 18.5 Å². The molecule has 1 atom stereocenters. The van der Waals surface area contributed by atoms with Gasteiger partial charge in [0.15, 0.2) is 0 Å². The van der Waals surface area contributed by atoms with E-state index in [1.807, 2.05) is 0 Å². The first kappa shape index (κ1) is 21.6. The average molecular weight is 450 g/mol. The van der Waals surface area contributed by atoms with Gasteiger partial charge in [-0.3, -0.25) is 19.6 Å². The Morgan fingerprint density at radius 2 is 2.16 bits per heavy atom. The van der Waals surface area contributed by atoms with Crippen molar-refractivity contribution in [2.75, 3.05) is 36.6 Å². The predicted molar refractivity (Wildman–Crippen MR) is 122 cm³/mol. The molecule has 2 heterocycles. The van der Waals surface area contributed by atoms with Gasteiger partial charge < -0.3 is 10.1 Å². The number of methoxy groups -OCH3 is 1. The molecule has 3 aromatic rings. The van der Waals surface area contributed by atoms with E-state index in [4.69, 9.17) is 16.3 Å². The number of anilines is 2. The molecule has 1 unspecified atom stereocenters. The minimum atomic E-state index is -0.729. The molecule has 3 amide bonds. The molecular formula is C23H20ClN5O3. The summed E-state index contributed by atoms with van der Waals surface area (Å²) in [5.74, 6) is -0.253. The fraction of sp³-hybridized carbons (Fsp3) is 0.217. The van der Waals surface area contributed by atoms with E-state index in [0.29, 0.717) is 40.5 Å². The van der Waals surface area contributed by atoms with Crippen molar-refractivity contribution in [3.8, 4) is 6.07 Å². The minimum Gasteiger partial charge on any atom is -0.383 e. The highest BCUT2D eigenvalue weighted by Crippen LogP contribution is 2.34. The summed E-state index contributed by atoms with van der Waals surface area (Å²) in [5, 5.41) is 14.5. The van der Waals surface area contributed by atoms with E-state index in [9.17, 15) is 14.9 Å². The maximum Gasteiger partial charge on any atom is 0.330 e. The van der Waals surface area contributed by atoms with E-state index in [2.05, 4.69) is 16.4 Å². The molecule has 1 saturated heterocycles. The van der Waals surface area contributed by atoms with Crippen molar-refractivity contribution in [1.82, 2.24) is 10.3 Å². The third kappa shape index (κ3) is 4.08. The molecule has 4 rings (SSSR count). The van der Waals surface area contributed by atoms with E-state index in [1.54, 1.807) is 62.0 Å². The summed E-state index contributed by atoms with van der Waals surface area (Å²) in [5.41, 5.74) is 1.51. The Morgan fingerprint density at radius 1 is 1.31 bits per heavy atom. The topological polar surface area (TPSA) is 98.6 Å². The Kier molecular flexibility index (Phi) is 6.21. The summed E-state index contributed by atoms with van der Waals surface area (Å²) in [6.45, 7) is 0.968. The Morgan fingerprint density at radius 3 is 2.91 bits per heavy atom. The van der Waals surface area contributed by atoms with Crippen molar-refractivity contribution in [2.45, 2.75) is 6.04 Å². The second-order valence-electron chi connectivity index (χ2n) is 7.23. The molecule has 0 spiro atoms. The first-order chi connectivity index (χ1) is 15.5. The summed E-state index contributed by atoms with van der Waals surface area (Å²) in [6, 6.07) is 13.2. The van der Waals surface area contributed by atoms with Gasteiger partial charge in [0, 0.05) is 46.9 Å². The van der Waals surface area contributed by atoms with Crippen LogP contribution in [0.5, 0.6) is 0 Å². The van der Waals surface area contributed by atoms with E-state index >= 15 is 0 Å². The summed E-state index contributed by atoms with van der Waals surface area (Å²) in [7, 11) is 1.56. The quantitative estimate of drug-likeness (QED) is 0.580. The number of nitriles is 1. The van der Waals surface area contributed by atoms with Crippen LogP contribution in [0.3, 0.4) is 0 Å². The zero-order valence-corrected chi connectivity index (χ0v) is 18.0. The number of carbonyl (C=O) groups is 2. The molecule has 1 aliphatic rings. The standard InChI is InChI=1S/C23H20ClN5O3/c1-32-8-7-27-22(30)15-5-6-16-12-26-13-21(20(16)9-15)29-19(11-25)14-28(23(29)31)18-4-2-3-17(24)10-18/h2-6,9-10,12-13,19H,7-8,14H2,1H3,(H,27,30). The third-order valence-electron chi connectivity index (χ3n) is 5.23. The van der Waals surface area contributed by atoms with Gasteiger partial charge in [-0.25, -0.2) is 4.79 Å². The predicted octanol–water partition coefficient (Wildman–Crippen LogP) is 3.60. The number of benzene rings is 2. The molecule has 1 fully saturated rings. The lowest BCUT2D eigenvalue weighted by molar-refractivity contribution is 0.0937. The number of hydrogen-bond acceptors (Lipinski definition) is 5. The van der Waals surface area contributed by atoms with Crippen LogP contribution in [0, 0.1) is 11.3 Å². The third-order valence-corrected chi connectivity index (χ3v) is 5.46. The number of pyridine rings is 1. The van der Waals surface area contributed by atoms with Crippen LogP contribution >= 0.6 is 11.6 Å². The lowest BCUT2D eigenvalue weighted by Crippen LogP contribution is -2.34. The Balaban J connectivity index is 1.73. The number of ether oxygens (including phenoxy) is 1. The van der Waals surface area contributed by atoms with Crippen molar-refractivity contribution in [3.63, 3.8) is 0 Å². The number of fused-ring (bicyclic) bond motifs is 1. The van der Waals surface area contributed by atoms with Gasteiger partial charge in [0.05, 0.1) is 31.1 Å². The van der Waals surface area contributed by atoms with Gasteiger partial charge in [0.1, 0.15) is 6.04 Å². The van der Waals surface area contributed by atoms with Crippen LogP contribution in [-0.2, 0) is 4.74 Å². The molecule has 9 heteroatoms. The largest absolute Gasteiger partial charge is 0.383 e. The SMILES string of the molecule is COCCNC(=O)c1ccc2cncc(N3C(=O)N(c4cccc(Cl)c4)CC3C#N)c2c1. The van der Waals surface area contributed by atoms with Gasteiger partial charge in [-0.05, 0) is 30.3 Å². The zero-order valence-electron chi connectivity index (χ0n) is 17.3. The van der Waals surface area contributed by atoms with Crippen LogP contribution in [0.25, 0.3) is 10.8 Å². The number of rotatable bonds is 6. The number of aromatic nitrogens is 1. The maximum atomic E-state index is 13.4. The molecule has 8 nitrogen and oxygen atoms in total. The number of amides is 3. The number of urea groups is 1. The van der Waals surface area contributed by atoms with Gasteiger partial charge in [-0.15, -0.1) is 0 Å². The van der Waals surface area contributed by atoms with Crippen LogP contribution in [-0.4, -0.2) is 49.8 Å². The maximum absolute atomic E-state index is 13.4. The first-order valence-electron chi connectivity index (χ1n) is 9.94. The van der Waals surface area contributed by atoms with Crippen LogP contribution in [0.1, 0.15) is 10.4 Å². The number of nitrogens with one attached hydrogen (secondary N) is 1. The molecule has 0 aliphatic carbocycles. The lowest BCUT2D eigenvalue weighted by Gasteiger charge is -2.21. The minimum absolute atomic E-state index is 0.184. The molecule has 0 saturated carbocycles. The van der Waals surface area contributed by atoms with Crippen molar-refractivity contribution >= 4 is 45.7 Å². The zero-order chi connectivity index (χ0) is 22.7. The molecule has 162 valence electrons. The van der Waals surface area contributed by atoms with Crippen molar-refractivity contribution < 1.29 is 14.3 Å². The summed E-state index contributed by atoms with van der Waals surface area (Å²) in [4.78, 5) is 33.1. The van der Waals surface area contributed by atoms with E-state index in [0.717, 1.165) is 5.39 Å². The smallest absolute Gasteiger partial charge is 0.330 e. The highest BCUT2D eigenvalue weighted by Gasteiger charge is 2.40. The number of halogens is 1. The second-order valence-corrected chi connectivity index (χ2v) is 7.67. The molecule has 32 heavy (non-hydrogen) atoms. The average Bonchev–Trinajstić information content (AvgIpc) is 3.14. The van der Waals surface area contributed by atoms with Crippen molar-refractivity contribution in [1.29, 1.82) is 5.26 Å². The van der Waals surface area contributed by atoms with Gasteiger partial charge in [-0.1, -0.05) is 23.7 Å². The number of nitrogens with zero attached hydrogens (tertiary/aromatic N) is 4. The van der Waals surface area contributed by atoms with E-state index < -0.39 is 6.04 Å². The monoisotopic (exact) mass is 449 g/mol. The molecule has 1 aliphatic heterocycles. The molecule has 0 radical (unpaired) electrons. The van der Waals surface area contributed by atoms with Crippen molar-refractivity contribution in [3.05, 3.63) is 65.4 Å². The molecule has 0 bridgehead atoms. The van der Waals surface area contributed by atoms with Crippen LogP contribution in [0.15, 0.2) is 54.9 Å². The molecule has 1 aromatic heterocycles. The summed E-state index contributed by atoms with van der Waals surface area (Å²) >= 11 is 6.09. The summed E-state index contributed by atoms with van der Waals surface area (Å²) in [6.07, 6.45) is 3.20. The highest BCUT2D eigenvalue weighted by molar-refractivity contribution is 6.31. The first-order valence-corrected chi connectivity index (χ1v) is 10.3. The van der Waals surface area contributed by atoms with Crippen LogP contribution in [0.2, 0.25) is 5.02 Å². The van der Waals surface area contributed by atoms with Crippen LogP contribution < -0.4 is 15.1 Å². The molecule has 1 N–H and O–H groups in total. The summed E-state index contributed by atoms with van der Waals surface area (Å²) < 4.78 is 4.96. The number of carbonyl (C=O) groups excluding carboxylic acids is 2. The Hall–Kier alpha value is -3.67.